The summed E-state index contributed by atoms with van der Waals surface area (Å²) in [6.07, 6.45) is 6.50. The van der Waals surface area contributed by atoms with Crippen molar-refractivity contribution in [2.45, 2.75) is 39.2 Å². The lowest BCUT2D eigenvalue weighted by Gasteiger charge is -2.28. The van der Waals surface area contributed by atoms with Crippen LogP contribution in [0, 0.1) is 5.41 Å². The van der Waals surface area contributed by atoms with Crippen LogP contribution in [0.2, 0.25) is 0 Å². The summed E-state index contributed by atoms with van der Waals surface area (Å²) in [7, 11) is 0. The zero-order chi connectivity index (χ0) is 13.0. The van der Waals surface area contributed by atoms with Gasteiger partial charge in [0.1, 0.15) is 0 Å². The van der Waals surface area contributed by atoms with Crippen molar-refractivity contribution in [3.05, 3.63) is 18.0 Å². The molecule has 1 amide bonds. The van der Waals surface area contributed by atoms with Crippen LogP contribution >= 0.6 is 0 Å². The number of rotatable bonds is 5. The third kappa shape index (κ3) is 2.56. The molecule has 0 saturated carbocycles. The van der Waals surface area contributed by atoms with E-state index < -0.39 is 0 Å². The first-order valence-electron chi connectivity index (χ1n) is 6.68. The lowest BCUT2D eigenvalue weighted by Crippen LogP contribution is -2.43. The van der Waals surface area contributed by atoms with E-state index in [1.807, 2.05) is 13.1 Å². The number of hydrogen-bond donors (Lipinski definition) is 3. The van der Waals surface area contributed by atoms with E-state index in [-0.39, 0.29) is 17.4 Å². The van der Waals surface area contributed by atoms with E-state index >= 15 is 0 Å². The molecule has 0 spiro atoms. The summed E-state index contributed by atoms with van der Waals surface area (Å²) in [5, 5.41) is 13.1. The van der Waals surface area contributed by atoms with Gasteiger partial charge in [-0.1, -0.05) is 13.3 Å². The van der Waals surface area contributed by atoms with Gasteiger partial charge in [0.2, 0.25) is 5.91 Å². The second-order valence-corrected chi connectivity index (χ2v) is 5.18. The van der Waals surface area contributed by atoms with Crippen molar-refractivity contribution in [1.29, 1.82) is 0 Å². The van der Waals surface area contributed by atoms with Crippen molar-refractivity contribution >= 4 is 5.91 Å². The maximum atomic E-state index is 12.5. The average Bonchev–Trinajstić information content (AvgIpc) is 3.00. The normalized spacial score (nSPS) is 25.0. The Bertz CT molecular complexity index is 382. The molecule has 2 rings (SSSR count). The van der Waals surface area contributed by atoms with Gasteiger partial charge in [-0.05, 0) is 26.3 Å². The van der Waals surface area contributed by atoms with Gasteiger partial charge >= 0.3 is 0 Å². The number of carbonyl (C=O) groups excluding carboxylic acids is 1. The van der Waals surface area contributed by atoms with Gasteiger partial charge in [-0.2, -0.15) is 5.10 Å². The third-order valence-electron chi connectivity index (χ3n) is 3.82. The quantitative estimate of drug-likeness (QED) is 0.739. The summed E-state index contributed by atoms with van der Waals surface area (Å²) in [5.74, 6) is 0.169. The molecule has 5 nitrogen and oxygen atoms in total. The maximum Gasteiger partial charge on any atom is 0.228 e. The highest BCUT2D eigenvalue weighted by Crippen LogP contribution is 2.32. The summed E-state index contributed by atoms with van der Waals surface area (Å²) < 4.78 is 0. The molecule has 0 aliphatic carbocycles. The van der Waals surface area contributed by atoms with Crippen LogP contribution in [-0.2, 0) is 4.79 Å². The van der Waals surface area contributed by atoms with E-state index in [0.29, 0.717) is 0 Å². The standard InChI is InChI=1S/C13H22N4O/c1-3-4-13(5-6-14-9-13)12(18)17-10(2)11-7-15-16-8-11/h7-8,10,14H,3-6,9H2,1-2H3,(H,15,16)(H,17,18). The molecule has 3 N–H and O–H groups in total. The monoisotopic (exact) mass is 250 g/mol. The number of nitrogens with one attached hydrogen (secondary N) is 3. The van der Waals surface area contributed by atoms with Gasteiger partial charge in [0.15, 0.2) is 0 Å². The van der Waals surface area contributed by atoms with Crippen molar-refractivity contribution in [3.8, 4) is 0 Å². The molecule has 100 valence electrons. The summed E-state index contributed by atoms with van der Waals surface area (Å²) in [6.45, 7) is 5.86. The zero-order valence-corrected chi connectivity index (χ0v) is 11.1. The molecule has 2 unspecified atom stereocenters. The fourth-order valence-corrected chi connectivity index (χ4v) is 2.67. The van der Waals surface area contributed by atoms with Crippen molar-refractivity contribution in [3.63, 3.8) is 0 Å². The summed E-state index contributed by atoms with van der Waals surface area (Å²) in [4.78, 5) is 12.5. The Morgan fingerprint density at radius 2 is 2.50 bits per heavy atom. The molecular weight excluding hydrogens is 228 g/mol. The molecule has 0 aromatic carbocycles. The minimum absolute atomic E-state index is 0.00517. The zero-order valence-electron chi connectivity index (χ0n) is 11.1. The molecule has 1 aliphatic rings. The smallest absolute Gasteiger partial charge is 0.228 e. The van der Waals surface area contributed by atoms with Crippen molar-refractivity contribution < 1.29 is 4.79 Å². The van der Waals surface area contributed by atoms with Crippen LogP contribution in [0.4, 0.5) is 0 Å². The molecule has 0 bridgehead atoms. The van der Waals surface area contributed by atoms with Crippen molar-refractivity contribution in [1.82, 2.24) is 20.8 Å². The minimum atomic E-state index is -0.216. The summed E-state index contributed by atoms with van der Waals surface area (Å²) >= 11 is 0. The second kappa shape index (κ2) is 5.52. The van der Waals surface area contributed by atoms with Crippen LogP contribution in [0.5, 0.6) is 0 Å². The number of H-pyrrole nitrogens is 1. The first kappa shape index (κ1) is 13.1. The largest absolute Gasteiger partial charge is 0.349 e. The van der Waals surface area contributed by atoms with Crippen LogP contribution in [0.1, 0.15) is 44.7 Å². The van der Waals surface area contributed by atoms with Crippen LogP contribution in [0.25, 0.3) is 0 Å². The molecule has 1 saturated heterocycles. The number of carbonyl (C=O) groups is 1. The lowest BCUT2D eigenvalue weighted by molar-refractivity contribution is -0.131. The van der Waals surface area contributed by atoms with E-state index in [4.69, 9.17) is 0 Å². The molecular formula is C13H22N4O. The number of nitrogens with zero attached hydrogens (tertiary/aromatic N) is 1. The fraction of sp³-hybridized carbons (Fsp3) is 0.692. The average molecular weight is 250 g/mol. The summed E-state index contributed by atoms with van der Waals surface area (Å²) in [5.41, 5.74) is 0.799. The van der Waals surface area contributed by atoms with E-state index in [1.165, 1.54) is 0 Å². The van der Waals surface area contributed by atoms with Gasteiger partial charge in [-0.25, -0.2) is 0 Å². The Morgan fingerprint density at radius 1 is 1.67 bits per heavy atom. The predicted molar refractivity (Wildman–Crippen MR) is 70.0 cm³/mol. The van der Waals surface area contributed by atoms with Crippen LogP contribution < -0.4 is 10.6 Å². The summed E-state index contributed by atoms with van der Waals surface area (Å²) in [6, 6.07) is 0.00517. The Labute approximate surface area is 108 Å². The Balaban J connectivity index is 2.01. The van der Waals surface area contributed by atoms with Gasteiger partial charge in [0.25, 0.3) is 0 Å². The maximum absolute atomic E-state index is 12.5. The highest BCUT2D eigenvalue weighted by atomic mass is 16.2. The topological polar surface area (TPSA) is 69.8 Å². The van der Waals surface area contributed by atoms with Crippen molar-refractivity contribution in [2.75, 3.05) is 13.1 Å². The first-order chi connectivity index (χ1) is 8.68. The van der Waals surface area contributed by atoms with Gasteiger partial charge < -0.3 is 10.6 Å². The number of hydrogen-bond acceptors (Lipinski definition) is 3. The highest BCUT2D eigenvalue weighted by molar-refractivity contribution is 5.83. The van der Waals surface area contributed by atoms with Gasteiger partial charge in [0, 0.05) is 18.3 Å². The molecule has 1 aliphatic heterocycles. The Kier molecular flexibility index (Phi) is 4.01. The first-order valence-corrected chi connectivity index (χ1v) is 6.68. The molecule has 1 aromatic rings. The fourth-order valence-electron chi connectivity index (χ4n) is 2.67. The SMILES string of the molecule is CCCC1(C(=O)NC(C)c2cn[nH]c2)CCNC1. The highest BCUT2D eigenvalue weighted by Gasteiger charge is 2.40. The van der Waals surface area contributed by atoms with Crippen molar-refractivity contribution in [2.24, 2.45) is 5.41 Å². The molecule has 0 radical (unpaired) electrons. The molecule has 1 aromatic heterocycles. The van der Waals surface area contributed by atoms with E-state index in [9.17, 15) is 4.79 Å². The van der Waals surface area contributed by atoms with Gasteiger partial charge in [0.05, 0.1) is 17.7 Å². The van der Waals surface area contributed by atoms with Gasteiger partial charge in [-0.15, -0.1) is 0 Å². The lowest BCUT2D eigenvalue weighted by atomic mass is 9.81. The minimum Gasteiger partial charge on any atom is -0.349 e. The van der Waals surface area contributed by atoms with Crippen LogP contribution in [0.15, 0.2) is 12.4 Å². The van der Waals surface area contributed by atoms with E-state index in [2.05, 4.69) is 27.8 Å². The van der Waals surface area contributed by atoms with E-state index in [1.54, 1.807) is 6.20 Å². The number of amides is 1. The van der Waals surface area contributed by atoms with E-state index in [0.717, 1.165) is 37.9 Å². The molecule has 18 heavy (non-hydrogen) atoms. The Morgan fingerprint density at radius 3 is 3.06 bits per heavy atom. The Hall–Kier alpha value is -1.36. The van der Waals surface area contributed by atoms with Crippen LogP contribution in [0.3, 0.4) is 0 Å². The third-order valence-corrected chi connectivity index (χ3v) is 3.82. The van der Waals surface area contributed by atoms with Gasteiger partial charge in [-0.3, -0.25) is 9.89 Å². The predicted octanol–water partition coefficient (Wildman–Crippen LogP) is 1.37. The number of aromatic amines is 1. The number of aromatic nitrogens is 2. The molecule has 2 atom stereocenters. The molecule has 1 fully saturated rings. The molecule has 2 heterocycles. The second-order valence-electron chi connectivity index (χ2n) is 5.18. The van der Waals surface area contributed by atoms with Crippen LogP contribution in [-0.4, -0.2) is 29.2 Å². The molecule has 5 heteroatoms.